The summed E-state index contributed by atoms with van der Waals surface area (Å²) in [5.41, 5.74) is 1.21. The maximum atomic E-state index is 12.1. The fourth-order valence-corrected chi connectivity index (χ4v) is 4.83. The molecule has 0 atom stereocenters. The number of hydrogen-bond acceptors (Lipinski definition) is 7. The van der Waals surface area contributed by atoms with Gasteiger partial charge in [-0.3, -0.25) is 4.79 Å². The number of thioether (sulfide) groups is 1. The van der Waals surface area contributed by atoms with E-state index in [2.05, 4.69) is 36.1 Å². The van der Waals surface area contributed by atoms with E-state index in [0.717, 1.165) is 33.9 Å². The number of rotatable bonds is 6. The van der Waals surface area contributed by atoms with Crippen molar-refractivity contribution in [1.29, 1.82) is 0 Å². The Bertz CT molecular complexity index is 858. The van der Waals surface area contributed by atoms with E-state index in [-0.39, 0.29) is 5.91 Å². The molecule has 0 unspecified atom stereocenters. The minimum Gasteiger partial charge on any atom is -0.301 e. The minimum absolute atomic E-state index is 0.0663. The lowest BCUT2D eigenvalue weighted by atomic mass is 10.2. The van der Waals surface area contributed by atoms with Crippen molar-refractivity contribution >= 4 is 55.7 Å². The van der Waals surface area contributed by atoms with Gasteiger partial charge in [0.05, 0.1) is 5.75 Å². The number of carbonyl (C=O) groups is 1. The number of thiazole rings is 1. The Kier molecular flexibility index (Phi) is 5.47. The van der Waals surface area contributed by atoms with Crippen LogP contribution in [0.1, 0.15) is 29.6 Å². The number of anilines is 1. The number of hydrogen-bond donors (Lipinski definition) is 1. The second-order valence-corrected chi connectivity index (χ2v) is 8.39. The zero-order valence-electron chi connectivity index (χ0n) is 13.8. The van der Waals surface area contributed by atoms with E-state index in [1.54, 1.807) is 17.5 Å². The van der Waals surface area contributed by atoms with Gasteiger partial charge in [-0.15, -0.1) is 22.7 Å². The molecule has 1 N–H and O–H groups in total. The maximum absolute atomic E-state index is 12.1. The van der Waals surface area contributed by atoms with Crippen LogP contribution in [-0.4, -0.2) is 26.6 Å². The van der Waals surface area contributed by atoms with E-state index in [0.29, 0.717) is 10.9 Å². The standard InChI is InChI=1S/C16H18N4OS3/c1-4-5-11-18-14(13-9(2)10(3)24-15(13)19-11)23-8-12(21)20-16-17-6-7-22-16/h6-7H,4-5,8H2,1-3H3,(H,17,20,21). The number of thiophene rings is 1. The molecule has 0 bridgehead atoms. The minimum atomic E-state index is -0.0663. The van der Waals surface area contributed by atoms with Crippen molar-refractivity contribution < 1.29 is 4.79 Å². The van der Waals surface area contributed by atoms with Gasteiger partial charge in [0.15, 0.2) is 5.13 Å². The molecular weight excluding hydrogens is 360 g/mol. The SMILES string of the molecule is CCCc1nc(SCC(=O)Nc2nccs2)c2c(C)c(C)sc2n1. The molecule has 3 aromatic rings. The summed E-state index contributed by atoms with van der Waals surface area (Å²) in [7, 11) is 0. The topological polar surface area (TPSA) is 67.8 Å². The molecule has 126 valence electrons. The highest BCUT2D eigenvalue weighted by molar-refractivity contribution is 8.00. The van der Waals surface area contributed by atoms with Crippen molar-refractivity contribution in [3.05, 3.63) is 27.8 Å². The molecule has 0 aliphatic heterocycles. The van der Waals surface area contributed by atoms with Crippen LogP contribution in [0.4, 0.5) is 5.13 Å². The lowest BCUT2D eigenvalue weighted by Gasteiger charge is -2.06. The molecule has 3 heterocycles. The monoisotopic (exact) mass is 378 g/mol. The Labute approximate surface area is 152 Å². The molecular formula is C16H18N4OS3. The molecule has 24 heavy (non-hydrogen) atoms. The summed E-state index contributed by atoms with van der Waals surface area (Å²) in [4.78, 5) is 27.8. The number of amides is 1. The summed E-state index contributed by atoms with van der Waals surface area (Å²) < 4.78 is 0. The number of aryl methyl sites for hydroxylation is 3. The van der Waals surface area contributed by atoms with Crippen LogP contribution in [0.25, 0.3) is 10.2 Å². The van der Waals surface area contributed by atoms with E-state index in [1.165, 1.54) is 33.5 Å². The third-order valence-corrected chi connectivity index (χ3v) is 6.30. The highest BCUT2D eigenvalue weighted by Crippen LogP contribution is 2.35. The van der Waals surface area contributed by atoms with Crippen LogP contribution in [0.15, 0.2) is 16.6 Å². The van der Waals surface area contributed by atoms with Gasteiger partial charge in [0, 0.05) is 28.3 Å². The zero-order valence-corrected chi connectivity index (χ0v) is 16.2. The van der Waals surface area contributed by atoms with E-state index in [4.69, 9.17) is 4.98 Å². The molecule has 0 saturated carbocycles. The molecule has 0 aliphatic carbocycles. The van der Waals surface area contributed by atoms with Gasteiger partial charge in [-0.25, -0.2) is 15.0 Å². The van der Waals surface area contributed by atoms with Crippen molar-refractivity contribution in [3.8, 4) is 0 Å². The van der Waals surface area contributed by atoms with Crippen LogP contribution in [-0.2, 0) is 11.2 Å². The lowest BCUT2D eigenvalue weighted by Crippen LogP contribution is -2.14. The van der Waals surface area contributed by atoms with Crippen LogP contribution in [0, 0.1) is 13.8 Å². The van der Waals surface area contributed by atoms with Gasteiger partial charge in [-0.05, 0) is 25.8 Å². The van der Waals surface area contributed by atoms with Crippen LogP contribution in [0.5, 0.6) is 0 Å². The van der Waals surface area contributed by atoms with E-state index < -0.39 is 0 Å². The summed E-state index contributed by atoms with van der Waals surface area (Å²) in [5.74, 6) is 1.10. The van der Waals surface area contributed by atoms with Gasteiger partial charge < -0.3 is 5.32 Å². The van der Waals surface area contributed by atoms with E-state index >= 15 is 0 Å². The van der Waals surface area contributed by atoms with Crippen molar-refractivity contribution in [1.82, 2.24) is 15.0 Å². The Morgan fingerprint density at radius 3 is 2.88 bits per heavy atom. The van der Waals surface area contributed by atoms with Crippen LogP contribution in [0.3, 0.4) is 0 Å². The number of fused-ring (bicyclic) bond motifs is 1. The summed E-state index contributed by atoms with van der Waals surface area (Å²) in [6.07, 6.45) is 3.53. The predicted molar refractivity (Wildman–Crippen MR) is 102 cm³/mol. The van der Waals surface area contributed by atoms with Gasteiger partial charge in [-0.1, -0.05) is 18.7 Å². The molecule has 0 spiro atoms. The Morgan fingerprint density at radius 1 is 1.33 bits per heavy atom. The first-order valence-electron chi connectivity index (χ1n) is 7.67. The second kappa shape index (κ2) is 7.58. The summed E-state index contributed by atoms with van der Waals surface area (Å²) in [6, 6.07) is 0. The molecule has 0 radical (unpaired) electrons. The van der Waals surface area contributed by atoms with Crippen molar-refractivity contribution in [2.45, 2.75) is 38.6 Å². The zero-order chi connectivity index (χ0) is 17.1. The second-order valence-electron chi connectivity index (χ2n) is 5.33. The molecule has 0 aromatic carbocycles. The number of nitrogens with zero attached hydrogens (tertiary/aromatic N) is 3. The highest BCUT2D eigenvalue weighted by Gasteiger charge is 2.16. The Morgan fingerprint density at radius 2 is 2.17 bits per heavy atom. The Balaban J connectivity index is 1.82. The first kappa shape index (κ1) is 17.3. The molecule has 3 rings (SSSR count). The van der Waals surface area contributed by atoms with Gasteiger partial charge in [0.25, 0.3) is 0 Å². The van der Waals surface area contributed by atoms with Gasteiger partial charge in [0.1, 0.15) is 15.7 Å². The first-order valence-corrected chi connectivity index (χ1v) is 10.4. The molecule has 1 amide bonds. The van der Waals surface area contributed by atoms with Gasteiger partial charge >= 0.3 is 0 Å². The van der Waals surface area contributed by atoms with Crippen LogP contribution >= 0.6 is 34.4 Å². The van der Waals surface area contributed by atoms with E-state index in [1.807, 2.05) is 5.38 Å². The number of carbonyl (C=O) groups excluding carboxylic acids is 1. The lowest BCUT2D eigenvalue weighted by molar-refractivity contribution is -0.113. The quantitative estimate of drug-likeness (QED) is 0.507. The average molecular weight is 379 g/mol. The number of aromatic nitrogens is 3. The van der Waals surface area contributed by atoms with Gasteiger partial charge in [0.2, 0.25) is 5.91 Å². The summed E-state index contributed by atoms with van der Waals surface area (Å²) in [6.45, 7) is 6.31. The van der Waals surface area contributed by atoms with E-state index in [9.17, 15) is 4.79 Å². The van der Waals surface area contributed by atoms with Crippen molar-refractivity contribution in [2.75, 3.05) is 11.1 Å². The smallest absolute Gasteiger partial charge is 0.236 e. The molecule has 0 fully saturated rings. The Hall–Kier alpha value is -1.51. The third-order valence-electron chi connectivity index (χ3n) is 3.53. The van der Waals surface area contributed by atoms with Crippen LogP contribution in [0.2, 0.25) is 0 Å². The maximum Gasteiger partial charge on any atom is 0.236 e. The van der Waals surface area contributed by atoms with Crippen molar-refractivity contribution in [2.24, 2.45) is 0 Å². The first-order chi connectivity index (χ1) is 11.6. The molecule has 8 heteroatoms. The van der Waals surface area contributed by atoms with Gasteiger partial charge in [-0.2, -0.15) is 0 Å². The largest absolute Gasteiger partial charge is 0.301 e. The number of nitrogens with one attached hydrogen (secondary N) is 1. The van der Waals surface area contributed by atoms with Crippen molar-refractivity contribution in [3.63, 3.8) is 0 Å². The fourth-order valence-electron chi connectivity index (χ4n) is 2.27. The molecule has 0 saturated heterocycles. The molecule has 3 aromatic heterocycles. The normalized spacial score (nSPS) is 11.1. The summed E-state index contributed by atoms with van der Waals surface area (Å²) in [5, 5.41) is 7.26. The average Bonchev–Trinajstić information content (AvgIpc) is 3.14. The van der Waals surface area contributed by atoms with Crippen LogP contribution < -0.4 is 5.32 Å². The fraction of sp³-hybridized carbons (Fsp3) is 0.375. The molecule has 5 nitrogen and oxygen atoms in total. The predicted octanol–water partition coefficient (Wildman–Crippen LogP) is 4.45. The summed E-state index contributed by atoms with van der Waals surface area (Å²) >= 11 is 4.58. The molecule has 0 aliphatic rings. The third kappa shape index (κ3) is 3.76. The highest BCUT2D eigenvalue weighted by atomic mass is 32.2.